The number of nitrogens with one attached hydrogen (secondary N) is 2. The Hall–Kier alpha value is -10.6. The van der Waals surface area contributed by atoms with E-state index >= 15 is 0 Å². The lowest BCUT2D eigenvalue weighted by Gasteiger charge is -2.40. The molecule has 20 atom stereocenters. The zero-order valence-electron chi connectivity index (χ0n) is 69.0. The Balaban J connectivity index is 0.000000115. The van der Waals surface area contributed by atoms with Crippen LogP contribution in [0.5, 0.6) is 23.0 Å². The van der Waals surface area contributed by atoms with Gasteiger partial charge in [-0.2, -0.15) is 0 Å². The van der Waals surface area contributed by atoms with Crippen LogP contribution >= 0.6 is 117 Å². The number of nitrogens with zero attached hydrogens (tertiary/aromatic N) is 7. The summed E-state index contributed by atoms with van der Waals surface area (Å²) in [5, 5.41) is 89.4. The molecule has 22 rings (SSSR count). The third kappa shape index (κ3) is 14.2. The number of aliphatic hydroxyl groups is 6. The second-order valence-corrected chi connectivity index (χ2v) is 41.4. The van der Waals surface area contributed by atoms with Crippen molar-refractivity contribution in [3.05, 3.63) is 383 Å². The first-order valence-corrected chi connectivity index (χ1v) is 48.1. The quantitative estimate of drug-likeness (QED) is 0.0145. The van der Waals surface area contributed by atoms with Crippen molar-refractivity contribution in [2.24, 2.45) is 16.7 Å². The number of ether oxygens (including phenoxy) is 7. The minimum absolute atomic E-state index is 0.0667. The van der Waals surface area contributed by atoms with E-state index in [1.54, 1.807) is 78.9 Å². The number of alkyl carbamates (subject to hydrolysis) is 2. The van der Waals surface area contributed by atoms with E-state index in [-0.39, 0.29) is 22.9 Å². The van der Waals surface area contributed by atoms with Crippen molar-refractivity contribution in [2.45, 2.75) is 105 Å². The lowest BCUT2D eigenvalue weighted by molar-refractivity contribution is -0.162. The normalized spacial score (nSPS) is 30.4. The van der Waals surface area contributed by atoms with Crippen LogP contribution in [0.4, 0.5) is 9.59 Å². The molecule has 4 aliphatic carbocycles. The second-order valence-electron chi connectivity index (χ2n) is 33.3. The molecule has 0 bridgehead atoms. The van der Waals surface area contributed by atoms with Gasteiger partial charge in [-0.1, -0.05) is 280 Å². The summed E-state index contributed by atoms with van der Waals surface area (Å²) in [6.07, 6.45) is -0.525. The van der Waals surface area contributed by atoms with Gasteiger partial charge in [0.25, 0.3) is 0 Å². The topological polar surface area (TPSA) is 416 Å². The Kier molecular flexibility index (Phi) is 24.2. The van der Waals surface area contributed by atoms with Crippen LogP contribution in [-0.2, 0) is 73.2 Å². The standard InChI is InChI=1S/C24H19BrClNO5.2C23H16BrClN2O4.C23H17BrClNO5.C2H6N3OP/c1-31-22(29)18-19(13-5-3-2-4-6-13)24(14-7-9-15(25)10-8-14)23(30,21(18)28)20-17(32-24)11-16(26)12-27-20;2*24-14-8-6-13(7-9-14)23-17(12-4-2-1-3-5-12)18-20(30-21(28)27-18)22(23,29)19-16(31-23)10-15(25)11-26-19;24-14-8-6-13(7-9-14)23-18(12-4-2-1-3-5-12)17(21(28)29)20(27)22(23,30)19-16(31-23)10-15(25)11-26-19;1-7(2,6)5-4-3/h2-12,18-19,21,28,30H,1H3;2*1-11,17-18,20,29H,(H,27,28);1-11,17-18,20,27,30H,(H,28,29);1-2H3/t18-,19-,21-,23+,24+;3*17-,18-,20-,22+,23+;/m1111./s1. The maximum Gasteiger partial charge on any atom is 0.407 e. The average Bonchev–Trinajstić information content (AvgIpc) is 1.48. The highest BCUT2D eigenvalue weighted by Crippen LogP contribution is 2.73. The summed E-state index contributed by atoms with van der Waals surface area (Å²) in [4.78, 5) is 72.8. The number of amides is 2. The smallest absolute Gasteiger partial charge is 0.407 e. The van der Waals surface area contributed by atoms with Crippen molar-refractivity contribution >= 4 is 142 Å². The number of fused-ring (bicyclic) bond motifs is 16. The first-order valence-electron chi connectivity index (χ1n) is 40.9. The van der Waals surface area contributed by atoms with Gasteiger partial charge in [-0.25, -0.2) is 9.59 Å². The van der Waals surface area contributed by atoms with Crippen molar-refractivity contribution in [1.29, 1.82) is 0 Å². The molecule has 37 heteroatoms. The third-order valence-corrected chi connectivity index (χ3v) is 29.5. The number of azide groups is 1. The Morgan fingerprint density at radius 1 is 0.432 bits per heavy atom. The number of halogens is 8. The van der Waals surface area contributed by atoms with Crippen LogP contribution in [0.1, 0.15) is 91.0 Å². The molecule has 4 saturated carbocycles. The number of hydrogen-bond acceptors (Lipinski definition) is 22. The largest absolute Gasteiger partial charge is 0.481 e. The fourth-order valence-corrected chi connectivity index (χ4v) is 23.1. The van der Waals surface area contributed by atoms with Crippen LogP contribution in [0.3, 0.4) is 0 Å². The van der Waals surface area contributed by atoms with Crippen molar-refractivity contribution in [3.8, 4) is 23.0 Å². The summed E-state index contributed by atoms with van der Waals surface area (Å²) in [5.41, 5.74) is 0.807. The van der Waals surface area contributed by atoms with Gasteiger partial charge < -0.3 is 84.1 Å². The number of pyridine rings is 4. The number of aliphatic hydroxyl groups excluding tert-OH is 2. The van der Waals surface area contributed by atoms with Gasteiger partial charge in [0.1, 0.15) is 58.0 Å². The summed E-state index contributed by atoms with van der Waals surface area (Å²) in [6, 6.07) is 72.3. The molecule has 6 aliphatic heterocycles. The zero-order valence-corrected chi connectivity index (χ0v) is 79.2. The molecule has 2 saturated heterocycles. The molecule has 2 amide bonds. The maximum absolute atomic E-state index is 13.0. The molecule has 674 valence electrons. The number of rotatable bonds is 11. The maximum atomic E-state index is 13.0. The summed E-state index contributed by atoms with van der Waals surface area (Å²) in [7, 11) is -1.20. The number of hydrogen-bond donors (Lipinski definition) is 9. The van der Waals surface area contributed by atoms with Crippen molar-refractivity contribution in [3.63, 3.8) is 0 Å². The van der Waals surface area contributed by atoms with E-state index in [0.717, 1.165) is 40.1 Å². The predicted octanol–water partition coefficient (Wildman–Crippen LogP) is 18.1. The van der Waals surface area contributed by atoms with Crippen molar-refractivity contribution in [2.75, 3.05) is 20.4 Å². The number of benzene rings is 8. The van der Waals surface area contributed by atoms with E-state index in [9.17, 15) is 59.5 Å². The highest BCUT2D eigenvalue weighted by Gasteiger charge is 2.84. The van der Waals surface area contributed by atoms with Gasteiger partial charge in [0.15, 0.2) is 64.3 Å². The number of carbonyl (C=O) groups excluding carboxylic acids is 3. The van der Waals surface area contributed by atoms with E-state index in [4.69, 9.17) is 85.1 Å². The highest BCUT2D eigenvalue weighted by molar-refractivity contribution is 9.11. The molecule has 0 unspecified atom stereocenters. The molecule has 0 spiro atoms. The van der Waals surface area contributed by atoms with Crippen LogP contribution in [0.2, 0.25) is 20.1 Å². The summed E-state index contributed by atoms with van der Waals surface area (Å²) in [5.74, 6) is -5.74. The Labute approximate surface area is 806 Å². The number of methoxy groups -OCH3 is 1. The van der Waals surface area contributed by atoms with Gasteiger partial charge in [0.2, 0.25) is 0 Å². The van der Waals surface area contributed by atoms with Crippen LogP contribution in [0.15, 0.2) is 290 Å². The molecule has 132 heavy (non-hydrogen) atoms. The van der Waals surface area contributed by atoms with E-state index in [1.165, 1.54) is 51.3 Å². The number of esters is 1. The Bertz CT molecular complexity index is 6470. The molecular formula is C95H74Br4Cl4N9O19P. The number of carboxylic acid groups (broad SMARTS) is 1. The van der Waals surface area contributed by atoms with Crippen molar-refractivity contribution in [1.82, 2.24) is 30.6 Å². The first-order chi connectivity index (χ1) is 63.1. The number of aliphatic carboxylic acids is 1. The second kappa shape index (κ2) is 34.7. The summed E-state index contributed by atoms with van der Waals surface area (Å²) < 4.78 is 56.3. The Morgan fingerprint density at radius 3 is 0.947 bits per heavy atom. The number of carbonyl (C=O) groups is 4. The van der Waals surface area contributed by atoms with Crippen LogP contribution < -0.4 is 29.6 Å². The fourth-order valence-electron chi connectivity index (χ4n) is 21.2. The van der Waals surface area contributed by atoms with Gasteiger partial charge in [0.05, 0.1) is 63.0 Å². The molecule has 28 nitrogen and oxygen atoms in total. The minimum Gasteiger partial charge on any atom is -0.481 e. The molecule has 4 aromatic heterocycles. The van der Waals surface area contributed by atoms with Crippen LogP contribution in [-0.4, -0.2) is 137 Å². The molecule has 9 N–H and O–H groups in total. The molecule has 10 aliphatic rings. The summed E-state index contributed by atoms with van der Waals surface area (Å²) in [6.45, 7) is 2.82. The van der Waals surface area contributed by atoms with Gasteiger partial charge >= 0.3 is 24.1 Å². The molecular weight excluding hydrogens is 2060 g/mol. The monoisotopic (exact) mass is 2130 g/mol. The first kappa shape index (κ1) is 91.9. The van der Waals surface area contributed by atoms with Crippen LogP contribution in [0, 0.1) is 11.8 Å². The van der Waals surface area contributed by atoms with E-state index in [0.29, 0.717) is 65.2 Å². The van der Waals surface area contributed by atoms with E-state index in [2.05, 4.69) is 104 Å². The molecule has 6 fully saturated rings. The minimum atomic E-state index is -2.46. The number of carboxylic acids is 1. The molecule has 10 heterocycles. The Morgan fingerprint density at radius 2 is 0.689 bits per heavy atom. The van der Waals surface area contributed by atoms with Gasteiger partial charge in [-0.05, 0) is 117 Å². The zero-order chi connectivity index (χ0) is 93.3. The lowest BCUT2D eigenvalue weighted by Crippen LogP contribution is -2.53. The van der Waals surface area contributed by atoms with Crippen LogP contribution in [0.25, 0.3) is 10.4 Å². The van der Waals surface area contributed by atoms with Gasteiger partial charge in [0, 0.05) is 83.7 Å². The SMILES string of the molecule is COC(=O)[C@H]1[C@@H](O)[C@@]2(O)c3ncc(Cl)cc3O[C@@]2(c2ccc(Br)cc2)[C@@H]1c1ccccc1.CP(C)(=O)N=[N+]=[N-].O=C(O)[C@H]1[C@@H](O)[C@@]2(O)c3ncc(Cl)cc3O[C@@]2(c2ccc(Br)cc2)[C@@H]1c1ccccc1.O=C1N[C@H]2[C@@H](O1)[C@@]1(O)c3ncc(Cl)cc3O[C@@]1(c1ccc(Br)cc1)[C@@H]2c1ccccc1.O=C1N[C@H]2[C@@H](O1)[C@@]1(O)c3ncc(Cl)cc3O[C@@]1(c1ccc(Br)cc1)[C@@H]2c1ccccc1. The van der Waals surface area contributed by atoms with Crippen molar-refractivity contribution < 1.29 is 92.6 Å². The summed E-state index contributed by atoms with van der Waals surface area (Å²) >= 11 is 38.5. The third-order valence-electron chi connectivity index (χ3n) is 26.0. The van der Waals surface area contributed by atoms with E-state index < -0.39 is 148 Å². The fraction of sp³-hybridized carbons (Fsp3) is 0.242. The average molecular weight is 2140 g/mol. The molecule has 12 aromatic rings. The van der Waals surface area contributed by atoms with E-state index in [1.807, 2.05) is 158 Å². The molecule has 0 radical (unpaired) electrons. The number of aromatic nitrogens is 4. The lowest BCUT2D eigenvalue weighted by atomic mass is 9.71. The molecule has 8 aromatic carbocycles. The highest BCUT2D eigenvalue weighted by atomic mass is 79.9. The predicted molar refractivity (Wildman–Crippen MR) is 497 cm³/mol. The van der Waals surface area contributed by atoms with Gasteiger partial charge in [-0.15, -0.1) is 0 Å². The van der Waals surface area contributed by atoms with Gasteiger partial charge in [-0.3, -0.25) is 29.5 Å².